The van der Waals surface area contributed by atoms with Crippen LogP contribution in [0.5, 0.6) is 0 Å². The molecule has 3 aromatic rings. The minimum atomic E-state index is 0.126. The third-order valence-corrected chi connectivity index (χ3v) is 7.66. The smallest absolute Gasteiger partial charge is 0.254 e. The lowest BCUT2D eigenvalue weighted by Crippen LogP contribution is -2.46. The van der Waals surface area contributed by atoms with Gasteiger partial charge in [0.15, 0.2) is 0 Å². The average molecular weight is 509 g/mol. The van der Waals surface area contributed by atoms with Crippen molar-refractivity contribution in [2.24, 2.45) is 0 Å². The van der Waals surface area contributed by atoms with E-state index in [4.69, 9.17) is 0 Å². The van der Waals surface area contributed by atoms with E-state index >= 15 is 0 Å². The van der Waals surface area contributed by atoms with Crippen LogP contribution >= 0.6 is 0 Å². The molecule has 0 bridgehead atoms. The van der Waals surface area contributed by atoms with Crippen LogP contribution in [0.15, 0.2) is 60.7 Å². The molecular weight excluding hydrogens is 472 g/mol. The lowest BCUT2D eigenvalue weighted by Gasteiger charge is -2.36. The Morgan fingerprint density at radius 3 is 2.45 bits per heavy atom. The second kappa shape index (κ2) is 11.7. The lowest BCUT2D eigenvalue weighted by molar-refractivity contribution is 0.0766. The number of anilines is 2. The number of carbonyl (C=O) groups excluding carboxylic acids is 1. The van der Waals surface area contributed by atoms with Crippen molar-refractivity contribution < 1.29 is 4.79 Å². The first kappa shape index (κ1) is 25.7. The number of hydrogen-bond donors (Lipinski definition) is 0. The fourth-order valence-corrected chi connectivity index (χ4v) is 5.47. The van der Waals surface area contributed by atoms with Crippen LogP contribution in [0.25, 0.3) is 0 Å². The maximum absolute atomic E-state index is 13.6. The summed E-state index contributed by atoms with van der Waals surface area (Å²) in [5.41, 5.74) is 5.77. The van der Waals surface area contributed by atoms with Crippen LogP contribution in [0.3, 0.4) is 0 Å². The van der Waals surface area contributed by atoms with Gasteiger partial charge in [-0.2, -0.15) is 5.26 Å². The second-order valence-electron chi connectivity index (χ2n) is 10.3. The number of rotatable bonds is 5. The molecule has 0 atom stereocenters. The zero-order valence-corrected chi connectivity index (χ0v) is 22.4. The number of pyridine rings is 1. The molecule has 3 heterocycles. The molecule has 2 aliphatic rings. The summed E-state index contributed by atoms with van der Waals surface area (Å²) in [6.45, 7) is 11.6. The van der Waals surface area contributed by atoms with Gasteiger partial charge in [-0.05, 0) is 61.7 Å². The Hall–Kier alpha value is -3.89. The molecule has 0 unspecified atom stereocenters. The second-order valence-corrected chi connectivity index (χ2v) is 10.3. The minimum Gasteiger partial charge on any atom is -0.368 e. The van der Waals surface area contributed by atoms with Crippen molar-refractivity contribution in [2.45, 2.75) is 26.8 Å². The van der Waals surface area contributed by atoms with Crippen LogP contribution in [-0.2, 0) is 6.54 Å². The largest absolute Gasteiger partial charge is 0.368 e. The van der Waals surface area contributed by atoms with Crippen LogP contribution in [0.4, 0.5) is 11.5 Å². The molecule has 2 saturated heterocycles. The van der Waals surface area contributed by atoms with Crippen LogP contribution in [0.1, 0.15) is 39.2 Å². The molecule has 0 spiro atoms. The van der Waals surface area contributed by atoms with Crippen LogP contribution in [-0.4, -0.2) is 73.0 Å². The lowest BCUT2D eigenvalue weighted by atomic mass is 10.0. The van der Waals surface area contributed by atoms with Crippen LogP contribution in [0.2, 0.25) is 0 Å². The molecule has 1 aromatic heterocycles. The summed E-state index contributed by atoms with van der Waals surface area (Å²) < 4.78 is 0. The van der Waals surface area contributed by atoms with E-state index in [0.717, 1.165) is 92.7 Å². The number of nitrogens with zero attached hydrogens (tertiary/aromatic N) is 6. The van der Waals surface area contributed by atoms with E-state index in [9.17, 15) is 10.1 Å². The standard InChI is InChI=1S/C31H36N6O/c1-24-11-12-26(23-34-15-17-35(18-16-34)29-9-4-3-8-27(29)22-32)21-28(24)31(38)37-14-6-13-36(19-20-37)30-10-5-7-25(2)33-30/h3-5,7-12,21H,6,13-20,23H2,1-2H3. The number of benzene rings is 2. The predicted octanol–water partition coefficient (Wildman–Crippen LogP) is 4.24. The first-order chi connectivity index (χ1) is 18.5. The van der Waals surface area contributed by atoms with Gasteiger partial charge in [0.2, 0.25) is 0 Å². The van der Waals surface area contributed by atoms with Gasteiger partial charge in [0.1, 0.15) is 11.9 Å². The number of nitriles is 1. The predicted molar refractivity (Wildman–Crippen MR) is 152 cm³/mol. The number of aromatic nitrogens is 1. The molecule has 5 rings (SSSR count). The number of para-hydroxylation sites is 1. The summed E-state index contributed by atoms with van der Waals surface area (Å²) in [7, 11) is 0. The van der Waals surface area contributed by atoms with Gasteiger partial charge in [-0.25, -0.2) is 4.98 Å². The van der Waals surface area contributed by atoms with E-state index in [2.05, 4.69) is 50.0 Å². The normalized spacial score (nSPS) is 16.7. The highest BCUT2D eigenvalue weighted by Crippen LogP contribution is 2.23. The van der Waals surface area contributed by atoms with Crippen molar-refractivity contribution in [1.82, 2.24) is 14.8 Å². The average Bonchev–Trinajstić information content (AvgIpc) is 3.21. The van der Waals surface area contributed by atoms with Crippen molar-refractivity contribution in [3.8, 4) is 6.07 Å². The summed E-state index contributed by atoms with van der Waals surface area (Å²) in [5, 5.41) is 9.45. The third-order valence-electron chi connectivity index (χ3n) is 7.66. The van der Waals surface area contributed by atoms with E-state index in [1.807, 2.05) is 55.1 Å². The van der Waals surface area contributed by atoms with Gasteiger partial charge >= 0.3 is 0 Å². The van der Waals surface area contributed by atoms with Crippen molar-refractivity contribution in [1.29, 1.82) is 5.26 Å². The highest BCUT2D eigenvalue weighted by Gasteiger charge is 2.24. The summed E-state index contributed by atoms with van der Waals surface area (Å²) in [4.78, 5) is 27.3. The number of aryl methyl sites for hydroxylation is 2. The molecule has 0 N–H and O–H groups in total. The van der Waals surface area contributed by atoms with E-state index in [1.165, 1.54) is 5.56 Å². The summed E-state index contributed by atoms with van der Waals surface area (Å²) in [6.07, 6.45) is 0.930. The molecule has 0 aliphatic carbocycles. The molecule has 38 heavy (non-hydrogen) atoms. The molecule has 0 radical (unpaired) electrons. The number of hydrogen-bond acceptors (Lipinski definition) is 6. The molecule has 1 amide bonds. The van der Waals surface area contributed by atoms with Crippen LogP contribution in [0, 0.1) is 25.2 Å². The van der Waals surface area contributed by atoms with Crippen molar-refractivity contribution in [3.63, 3.8) is 0 Å². The fraction of sp³-hybridized carbons (Fsp3) is 0.387. The Labute approximate surface area is 225 Å². The first-order valence-electron chi connectivity index (χ1n) is 13.6. The molecule has 7 nitrogen and oxygen atoms in total. The maximum atomic E-state index is 13.6. The minimum absolute atomic E-state index is 0.126. The summed E-state index contributed by atoms with van der Waals surface area (Å²) >= 11 is 0. The zero-order chi connectivity index (χ0) is 26.5. The third kappa shape index (κ3) is 5.81. The van der Waals surface area contributed by atoms with Gasteiger partial charge in [-0.1, -0.05) is 30.3 Å². The van der Waals surface area contributed by atoms with Gasteiger partial charge in [-0.3, -0.25) is 9.69 Å². The molecule has 7 heteroatoms. The zero-order valence-electron chi connectivity index (χ0n) is 22.4. The van der Waals surface area contributed by atoms with Gasteiger partial charge in [0.05, 0.1) is 11.3 Å². The van der Waals surface area contributed by atoms with Gasteiger partial charge in [0, 0.05) is 70.2 Å². The molecule has 0 saturated carbocycles. The number of carbonyl (C=O) groups is 1. The highest BCUT2D eigenvalue weighted by atomic mass is 16.2. The van der Waals surface area contributed by atoms with Crippen molar-refractivity contribution in [3.05, 3.63) is 88.6 Å². The monoisotopic (exact) mass is 508 g/mol. The van der Waals surface area contributed by atoms with E-state index in [1.54, 1.807) is 0 Å². The molecule has 2 fully saturated rings. The van der Waals surface area contributed by atoms with Gasteiger partial charge < -0.3 is 14.7 Å². The quantitative estimate of drug-likeness (QED) is 0.514. The Morgan fingerprint density at radius 2 is 1.66 bits per heavy atom. The Morgan fingerprint density at radius 1 is 0.868 bits per heavy atom. The van der Waals surface area contributed by atoms with E-state index < -0.39 is 0 Å². The number of amides is 1. The Bertz CT molecular complexity index is 1320. The summed E-state index contributed by atoms with van der Waals surface area (Å²) in [6, 6.07) is 22.6. The molecule has 196 valence electrons. The van der Waals surface area contributed by atoms with Crippen LogP contribution < -0.4 is 9.80 Å². The van der Waals surface area contributed by atoms with Gasteiger partial charge in [0.25, 0.3) is 5.91 Å². The van der Waals surface area contributed by atoms with E-state index in [0.29, 0.717) is 6.54 Å². The number of piperazine rings is 1. The van der Waals surface area contributed by atoms with Crippen molar-refractivity contribution >= 4 is 17.4 Å². The molecule has 2 aliphatic heterocycles. The first-order valence-corrected chi connectivity index (χ1v) is 13.6. The Balaban J connectivity index is 1.21. The van der Waals surface area contributed by atoms with E-state index in [-0.39, 0.29) is 5.91 Å². The topological polar surface area (TPSA) is 66.7 Å². The maximum Gasteiger partial charge on any atom is 0.254 e. The Kier molecular flexibility index (Phi) is 7.90. The summed E-state index contributed by atoms with van der Waals surface area (Å²) in [5.74, 6) is 1.12. The molecular formula is C31H36N6O. The van der Waals surface area contributed by atoms with Crippen molar-refractivity contribution in [2.75, 3.05) is 62.2 Å². The highest BCUT2D eigenvalue weighted by molar-refractivity contribution is 5.96. The fourth-order valence-electron chi connectivity index (χ4n) is 5.47. The SMILES string of the molecule is Cc1cccc(N2CCCN(C(=O)c3cc(CN4CCN(c5ccccc5C#N)CC4)ccc3C)CC2)n1. The van der Waals surface area contributed by atoms with Gasteiger partial charge in [-0.15, -0.1) is 0 Å². The molecule has 2 aromatic carbocycles.